The molecule has 0 saturated carbocycles. The van der Waals surface area contributed by atoms with E-state index < -0.39 is 27.7 Å². The fourth-order valence-electron chi connectivity index (χ4n) is 2.10. The molecule has 1 unspecified atom stereocenters. The highest BCUT2D eigenvalue weighted by atomic mass is 32.2. The van der Waals surface area contributed by atoms with Crippen molar-refractivity contribution in [3.05, 3.63) is 72.3 Å². The lowest BCUT2D eigenvalue weighted by molar-refractivity contribution is -0.129. The third-order valence-corrected chi connectivity index (χ3v) is 5.41. The van der Waals surface area contributed by atoms with E-state index in [1.54, 1.807) is 36.4 Å². The number of hydrogen-bond donors (Lipinski definition) is 0. The summed E-state index contributed by atoms with van der Waals surface area (Å²) in [5.41, 5.74) is 0.713. The summed E-state index contributed by atoms with van der Waals surface area (Å²) in [4.78, 5) is -0.324. The SMILES string of the molecule is O=S(=O)(c1ccccc1)C(C/C=C/c1ccccc1)C(F)(F)F. The molecule has 2 aromatic carbocycles. The predicted octanol–water partition coefficient (Wildman–Crippen LogP) is 4.49. The molecule has 1 atom stereocenters. The minimum Gasteiger partial charge on any atom is -0.223 e. The highest BCUT2D eigenvalue weighted by molar-refractivity contribution is 7.92. The summed E-state index contributed by atoms with van der Waals surface area (Å²) in [6, 6.07) is 15.5. The standard InChI is InChI=1S/C17H15F3O2S/c18-17(19,20)16(13-7-10-14-8-3-1-4-9-14)23(21,22)15-11-5-2-6-12-15/h1-12,16H,13H2/b10-7+. The summed E-state index contributed by atoms with van der Waals surface area (Å²) in [6.07, 6.45) is -2.74. The smallest absolute Gasteiger partial charge is 0.223 e. The quantitative estimate of drug-likeness (QED) is 0.803. The summed E-state index contributed by atoms with van der Waals surface area (Å²) < 4.78 is 64.2. The molecule has 0 fully saturated rings. The fourth-order valence-corrected chi connectivity index (χ4v) is 3.68. The molecule has 0 amide bonds. The van der Waals surface area contributed by atoms with Gasteiger partial charge in [-0.3, -0.25) is 0 Å². The van der Waals surface area contributed by atoms with Crippen molar-refractivity contribution >= 4 is 15.9 Å². The van der Waals surface area contributed by atoms with Crippen molar-refractivity contribution in [2.75, 3.05) is 0 Å². The Hall–Kier alpha value is -2.08. The monoisotopic (exact) mass is 340 g/mol. The number of alkyl halides is 3. The third kappa shape index (κ3) is 4.45. The van der Waals surface area contributed by atoms with E-state index in [0.29, 0.717) is 5.56 Å². The second-order valence-corrected chi connectivity index (χ2v) is 7.07. The number of halogens is 3. The molecule has 0 aromatic heterocycles. The molecule has 0 bridgehead atoms. The average molecular weight is 340 g/mol. The van der Waals surface area contributed by atoms with Gasteiger partial charge in [-0.1, -0.05) is 60.7 Å². The minimum absolute atomic E-state index is 0.324. The van der Waals surface area contributed by atoms with Gasteiger partial charge in [-0.25, -0.2) is 8.42 Å². The number of benzene rings is 2. The molecule has 0 spiro atoms. The number of allylic oxidation sites excluding steroid dienone is 1. The first kappa shape index (κ1) is 17.3. The summed E-state index contributed by atoms with van der Waals surface area (Å²) in [5, 5.41) is -2.46. The minimum atomic E-state index is -4.84. The van der Waals surface area contributed by atoms with Gasteiger partial charge in [0.15, 0.2) is 15.1 Å². The first-order valence-electron chi connectivity index (χ1n) is 6.89. The Morgan fingerprint density at radius 2 is 1.43 bits per heavy atom. The van der Waals surface area contributed by atoms with Crippen molar-refractivity contribution in [3.63, 3.8) is 0 Å². The van der Waals surface area contributed by atoms with E-state index in [2.05, 4.69) is 0 Å². The zero-order chi connectivity index (χ0) is 16.9. The Labute approximate surface area is 133 Å². The maximum Gasteiger partial charge on any atom is 0.406 e. The largest absolute Gasteiger partial charge is 0.406 e. The van der Waals surface area contributed by atoms with Crippen LogP contribution in [0.1, 0.15) is 12.0 Å². The van der Waals surface area contributed by atoms with Gasteiger partial charge in [0.05, 0.1) is 4.90 Å². The van der Waals surface area contributed by atoms with Crippen LogP contribution < -0.4 is 0 Å². The second kappa shape index (κ2) is 7.00. The number of rotatable bonds is 5. The van der Waals surface area contributed by atoms with Gasteiger partial charge in [0.2, 0.25) is 0 Å². The Morgan fingerprint density at radius 1 is 0.913 bits per heavy atom. The second-order valence-electron chi connectivity index (χ2n) is 4.94. The molecule has 122 valence electrons. The zero-order valence-corrected chi connectivity index (χ0v) is 12.9. The molecule has 2 rings (SSSR count). The Kier molecular flexibility index (Phi) is 5.26. The van der Waals surface area contributed by atoms with Crippen molar-refractivity contribution in [2.24, 2.45) is 0 Å². The highest BCUT2D eigenvalue weighted by Gasteiger charge is 2.48. The van der Waals surface area contributed by atoms with E-state index in [9.17, 15) is 21.6 Å². The summed E-state index contributed by atoms with van der Waals surface area (Å²) in [5.74, 6) is 0. The normalized spacial score (nSPS) is 14.0. The Bertz CT molecular complexity index is 751. The lowest BCUT2D eigenvalue weighted by atomic mass is 10.2. The van der Waals surface area contributed by atoms with Gasteiger partial charge >= 0.3 is 6.18 Å². The molecule has 2 aromatic rings. The van der Waals surface area contributed by atoms with Crippen LogP contribution in [-0.2, 0) is 9.84 Å². The molecule has 0 aliphatic carbocycles. The van der Waals surface area contributed by atoms with Gasteiger partial charge in [0, 0.05) is 0 Å². The number of hydrogen-bond acceptors (Lipinski definition) is 2. The molecule has 0 N–H and O–H groups in total. The van der Waals surface area contributed by atoms with Crippen molar-refractivity contribution in [1.29, 1.82) is 0 Å². The van der Waals surface area contributed by atoms with Crippen molar-refractivity contribution in [2.45, 2.75) is 22.7 Å². The maximum atomic E-state index is 13.2. The van der Waals surface area contributed by atoms with Crippen LogP contribution in [0.25, 0.3) is 6.08 Å². The molecular formula is C17H15F3O2S. The van der Waals surface area contributed by atoms with Crippen LogP contribution in [0.4, 0.5) is 13.2 Å². The van der Waals surface area contributed by atoms with E-state index >= 15 is 0 Å². The van der Waals surface area contributed by atoms with Crippen molar-refractivity contribution in [3.8, 4) is 0 Å². The van der Waals surface area contributed by atoms with Gasteiger partial charge < -0.3 is 0 Å². The molecule has 0 radical (unpaired) electrons. The molecule has 6 heteroatoms. The van der Waals surface area contributed by atoms with Crippen molar-refractivity contribution in [1.82, 2.24) is 0 Å². The topological polar surface area (TPSA) is 34.1 Å². The van der Waals surface area contributed by atoms with Gasteiger partial charge in [-0.15, -0.1) is 0 Å². The van der Waals surface area contributed by atoms with Crippen LogP contribution in [0.15, 0.2) is 71.6 Å². The summed E-state index contributed by atoms with van der Waals surface area (Å²) in [6.45, 7) is 0. The summed E-state index contributed by atoms with van der Waals surface area (Å²) in [7, 11) is -4.49. The van der Waals surface area contributed by atoms with E-state index in [1.165, 1.54) is 36.4 Å². The van der Waals surface area contributed by atoms with Crippen molar-refractivity contribution < 1.29 is 21.6 Å². The van der Waals surface area contributed by atoms with Crippen LogP contribution in [0.2, 0.25) is 0 Å². The first-order valence-corrected chi connectivity index (χ1v) is 8.43. The fraction of sp³-hybridized carbons (Fsp3) is 0.176. The van der Waals surface area contributed by atoms with E-state index in [-0.39, 0.29) is 4.90 Å². The average Bonchev–Trinajstić information content (AvgIpc) is 2.52. The van der Waals surface area contributed by atoms with Crippen LogP contribution in [0.5, 0.6) is 0 Å². The highest BCUT2D eigenvalue weighted by Crippen LogP contribution is 2.33. The lowest BCUT2D eigenvalue weighted by Crippen LogP contribution is -2.36. The molecular weight excluding hydrogens is 325 g/mol. The van der Waals surface area contributed by atoms with Gasteiger partial charge in [-0.05, 0) is 24.1 Å². The van der Waals surface area contributed by atoms with E-state index in [1.807, 2.05) is 0 Å². The van der Waals surface area contributed by atoms with Crippen LogP contribution in [0, 0.1) is 0 Å². The van der Waals surface area contributed by atoms with Gasteiger partial charge in [-0.2, -0.15) is 13.2 Å². The Balaban J connectivity index is 2.27. The van der Waals surface area contributed by atoms with Crippen LogP contribution in [-0.4, -0.2) is 19.8 Å². The molecule has 0 saturated heterocycles. The molecule has 0 heterocycles. The Morgan fingerprint density at radius 3 is 1.96 bits per heavy atom. The first-order chi connectivity index (χ1) is 10.8. The van der Waals surface area contributed by atoms with Gasteiger partial charge in [0.1, 0.15) is 0 Å². The lowest BCUT2D eigenvalue weighted by Gasteiger charge is -2.19. The predicted molar refractivity (Wildman–Crippen MR) is 83.6 cm³/mol. The van der Waals surface area contributed by atoms with E-state index in [4.69, 9.17) is 0 Å². The van der Waals surface area contributed by atoms with Gasteiger partial charge in [0.25, 0.3) is 0 Å². The number of sulfone groups is 1. The zero-order valence-electron chi connectivity index (χ0n) is 12.1. The van der Waals surface area contributed by atoms with E-state index in [0.717, 1.165) is 0 Å². The molecule has 2 nitrogen and oxygen atoms in total. The van der Waals surface area contributed by atoms with Crippen LogP contribution >= 0.6 is 0 Å². The molecule has 0 aliphatic heterocycles. The summed E-state index contributed by atoms with van der Waals surface area (Å²) >= 11 is 0. The molecule has 23 heavy (non-hydrogen) atoms. The molecule has 0 aliphatic rings. The maximum absolute atomic E-state index is 13.2. The van der Waals surface area contributed by atoms with Crippen LogP contribution in [0.3, 0.4) is 0 Å². The third-order valence-electron chi connectivity index (χ3n) is 3.27.